The van der Waals surface area contributed by atoms with Crippen molar-refractivity contribution in [2.75, 3.05) is 5.32 Å². The van der Waals surface area contributed by atoms with Gasteiger partial charge in [0.2, 0.25) is 0 Å². The van der Waals surface area contributed by atoms with Crippen LogP contribution in [0.5, 0.6) is 0 Å². The number of hydrogen-bond donors (Lipinski definition) is 3. The number of aromatic amines is 2. The summed E-state index contributed by atoms with van der Waals surface area (Å²) in [6.45, 7) is 0. The summed E-state index contributed by atoms with van der Waals surface area (Å²) in [4.78, 5) is 20.9. The van der Waals surface area contributed by atoms with Crippen LogP contribution in [-0.4, -0.2) is 24.7 Å². The van der Waals surface area contributed by atoms with Crippen molar-refractivity contribution in [3.63, 3.8) is 0 Å². The Labute approximate surface area is 173 Å². The van der Waals surface area contributed by atoms with E-state index in [1.165, 1.54) is 15.9 Å². The van der Waals surface area contributed by atoms with E-state index >= 15 is 0 Å². The largest absolute Gasteiger partial charge is 0.340 e. The first kappa shape index (κ1) is 17.5. The van der Waals surface area contributed by atoms with Crippen LogP contribution in [0.1, 0.15) is 0 Å². The molecule has 0 saturated carbocycles. The summed E-state index contributed by atoms with van der Waals surface area (Å²) >= 11 is 6.77. The van der Waals surface area contributed by atoms with E-state index in [-0.39, 0.29) is 10.3 Å². The molecule has 142 valence electrons. The second kappa shape index (κ2) is 7.12. The van der Waals surface area contributed by atoms with Gasteiger partial charge in [-0.3, -0.25) is 9.89 Å². The molecule has 0 aliphatic carbocycles. The molecule has 0 radical (unpaired) electrons. The average molecular weight is 419 g/mol. The lowest BCUT2D eigenvalue weighted by atomic mass is 10.2. The Balaban J connectivity index is 1.63. The summed E-state index contributed by atoms with van der Waals surface area (Å²) < 4.78 is 1.65. The number of thiazole rings is 1. The van der Waals surface area contributed by atoms with Crippen LogP contribution in [0.2, 0.25) is 0 Å². The van der Waals surface area contributed by atoms with Crippen molar-refractivity contribution in [1.29, 1.82) is 0 Å². The van der Waals surface area contributed by atoms with Gasteiger partial charge in [0.05, 0.1) is 5.69 Å². The van der Waals surface area contributed by atoms with Gasteiger partial charge in [0.25, 0.3) is 5.56 Å². The first-order valence-electron chi connectivity index (χ1n) is 8.77. The van der Waals surface area contributed by atoms with E-state index in [1.54, 1.807) is 0 Å². The molecule has 0 fully saturated rings. The molecule has 0 amide bonds. The maximum Gasteiger partial charge on any atom is 0.274 e. The highest BCUT2D eigenvalue weighted by atomic mass is 32.1. The molecule has 7 nitrogen and oxygen atoms in total. The van der Waals surface area contributed by atoms with Gasteiger partial charge in [0.15, 0.2) is 15.5 Å². The minimum atomic E-state index is -0.287. The number of rotatable bonds is 4. The molecular formula is C20H14N6OS2. The van der Waals surface area contributed by atoms with Crippen LogP contribution in [0.15, 0.2) is 70.8 Å². The van der Waals surface area contributed by atoms with Crippen LogP contribution < -0.4 is 10.9 Å². The number of fused-ring (bicyclic) bond motifs is 1. The van der Waals surface area contributed by atoms with E-state index in [0.29, 0.717) is 22.0 Å². The average Bonchev–Trinajstić information content (AvgIpc) is 3.37. The lowest BCUT2D eigenvalue weighted by Gasteiger charge is -2.05. The molecule has 0 unspecified atom stereocenters. The van der Waals surface area contributed by atoms with E-state index in [1.807, 2.05) is 66.0 Å². The van der Waals surface area contributed by atoms with E-state index in [9.17, 15) is 4.79 Å². The number of nitrogens with one attached hydrogen (secondary N) is 3. The number of para-hydroxylation sites is 1. The van der Waals surface area contributed by atoms with E-state index < -0.39 is 0 Å². The Morgan fingerprint density at radius 1 is 1.03 bits per heavy atom. The van der Waals surface area contributed by atoms with Crippen molar-refractivity contribution in [1.82, 2.24) is 24.7 Å². The fourth-order valence-corrected chi connectivity index (χ4v) is 4.20. The Kier molecular flexibility index (Phi) is 4.30. The number of hydrogen-bond acceptors (Lipinski definition) is 6. The number of anilines is 2. The van der Waals surface area contributed by atoms with Crippen LogP contribution in [0.3, 0.4) is 0 Å². The van der Waals surface area contributed by atoms with Crippen LogP contribution >= 0.6 is 23.6 Å². The highest BCUT2D eigenvalue weighted by molar-refractivity contribution is 7.71. The molecule has 5 rings (SSSR count). The molecule has 29 heavy (non-hydrogen) atoms. The van der Waals surface area contributed by atoms with Crippen molar-refractivity contribution in [3.05, 3.63) is 81.2 Å². The summed E-state index contributed by atoms with van der Waals surface area (Å²) in [7, 11) is 0. The first-order chi connectivity index (χ1) is 14.2. The number of nitrogens with zero attached hydrogens (tertiary/aromatic N) is 3. The number of H-pyrrole nitrogens is 2. The summed E-state index contributed by atoms with van der Waals surface area (Å²) in [5.41, 5.74) is 2.72. The van der Waals surface area contributed by atoms with Gasteiger partial charge >= 0.3 is 0 Å². The second-order valence-electron chi connectivity index (χ2n) is 6.27. The molecule has 0 saturated heterocycles. The van der Waals surface area contributed by atoms with Crippen molar-refractivity contribution < 1.29 is 0 Å². The van der Waals surface area contributed by atoms with Crippen LogP contribution in [-0.2, 0) is 0 Å². The van der Waals surface area contributed by atoms with Gasteiger partial charge in [-0.25, -0.2) is 9.55 Å². The molecule has 0 aliphatic rings. The van der Waals surface area contributed by atoms with Gasteiger partial charge in [-0.05, 0) is 24.4 Å². The predicted molar refractivity (Wildman–Crippen MR) is 118 cm³/mol. The van der Waals surface area contributed by atoms with Gasteiger partial charge in [0.1, 0.15) is 11.2 Å². The minimum Gasteiger partial charge on any atom is -0.340 e. The second-order valence-corrected chi connectivity index (χ2v) is 7.49. The van der Waals surface area contributed by atoms with E-state index in [2.05, 4.69) is 25.5 Å². The Morgan fingerprint density at radius 2 is 1.76 bits per heavy atom. The highest BCUT2D eigenvalue weighted by Crippen LogP contribution is 2.25. The zero-order chi connectivity index (χ0) is 19.8. The maximum atomic E-state index is 13.3. The summed E-state index contributed by atoms with van der Waals surface area (Å²) in [5.74, 6) is 0.496. The summed E-state index contributed by atoms with van der Waals surface area (Å²) in [6, 6.07) is 19.4. The van der Waals surface area contributed by atoms with Gasteiger partial charge in [-0.15, -0.1) is 11.3 Å². The normalized spacial score (nSPS) is 11.0. The van der Waals surface area contributed by atoms with Gasteiger partial charge < -0.3 is 10.3 Å². The Hall–Kier alpha value is -3.56. The van der Waals surface area contributed by atoms with Crippen molar-refractivity contribution in [2.24, 2.45) is 0 Å². The zero-order valence-electron chi connectivity index (χ0n) is 14.9. The van der Waals surface area contributed by atoms with Gasteiger partial charge in [-0.2, -0.15) is 5.10 Å². The van der Waals surface area contributed by atoms with E-state index in [0.717, 1.165) is 16.9 Å². The molecule has 0 spiro atoms. The molecule has 0 bridgehead atoms. The fourth-order valence-electron chi connectivity index (χ4n) is 3.04. The third-order valence-electron chi connectivity index (χ3n) is 4.41. The third kappa shape index (κ3) is 3.16. The van der Waals surface area contributed by atoms with Crippen LogP contribution in [0, 0.1) is 4.77 Å². The van der Waals surface area contributed by atoms with Gasteiger partial charge in [-0.1, -0.05) is 48.5 Å². The molecule has 3 aromatic heterocycles. The predicted octanol–water partition coefficient (Wildman–Crippen LogP) is 4.64. The smallest absolute Gasteiger partial charge is 0.274 e. The molecular weight excluding hydrogens is 404 g/mol. The molecule has 3 heterocycles. The quantitative estimate of drug-likeness (QED) is 0.370. The molecule has 5 aromatic rings. The third-order valence-corrected chi connectivity index (χ3v) is 5.52. The molecule has 0 aliphatic heterocycles. The minimum absolute atomic E-state index is 0.245. The summed E-state index contributed by atoms with van der Waals surface area (Å²) in [6.07, 6.45) is 0. The number of benzene rings is 2. The molecule has 2 aromatic carbocycles. The number of aromatic nitrogens is 5. The standard InChI is InChI=1S/C20H14N6OS2/c27-18-15-16(21-13-9-5-2-6-10-13)24-25-17(15)23-19(28)26(18)20-22-14(11-29-20)12-7-3-1-4-8-12/h1-11H,(H3,21,23,24,25,28). The van der Waals surface area contributed by atoms with Gasteiger partial charge in [0, 0.05) is 16.6 Å². The van der Waals surface area contributed by atoms with Crippen LogP contribution in [0.4, 0.5) is 11.5 Å². The molecule has 0 atom stereocenters. The van der Waals surface area contributed by atoms with Crippen molar-refractivity contribution >= 4 is 46.1 Å². The Morgan fingerprint density at radius 3 is 2.52 bits per heavy atom. The molecule has 9 heteroatoms. The molecule has 3 N–H and O–H groups in total. The SMILES string of the molecule is O=c1c2c(Nc3ccccc3)[nH]nc2[nH]c(=S)n1-c1nc(-c2ccccc2)cs1. The summed E-state index contributed by atoms with van der Waals surface area (Å²) in [5, 5.41) is 13.1. The van der Waals surface area contributed by atoms with Crippen molar-refractivity contribution in [2.45, 2.75) is 0 Å². The topological polar surface area (TPSA) is 91.4 Å². The lowest BCUT2D eigenvalue weighted by molar-refractivity contribution is 0.923. The van der Waals surface area contributed by atoms with E-state index in [4.69, 9.17) is 12.2 Å². The highest BCUT2D eigenvalue weighted by Gasteiger charge is 2.17. The zero-order valence-corrected chi connectivity index (χ0v) is 16.6. The maximum absolute atomic E-state index is 13.3. The monoisotopic (exact) mass is 418 g/mol. The fraction of sp³-hybridized carbons (Fsp3) is 0. The lowest BCUT2D eigenvalue weighted by Crippen LogP contribution is -2.20. The van der Waals surface area contributed by atoms with Crippen molar-refractivity contribution in [3.8, 4) is 16.4 Å². The first-order valence-corrected chi connectivity index (χ1v) is 10.1. The Bertz CT molecular complexity index is 1420. The van der Waals surface area contributed by atoms with Crippen LogP contribution in [0.25, 0.3) is 27.4 Å².